The molecule has 0 aromatic heterocycles. The molecule has 0 bridgehead atoms. The zero-order valence-corrected chi connectivity index (χ0v) is 17.8. The second kappa shape index (κ2) is 9.67. The fourth-order valence-electron chi connectivity index (χ4n) is 3.36. The third kappa shape index (κ3) is 7.73. The van der Waals surface area contributed by atoms with E-state index in [1.54, 1.807) is 0 Å². The fourth-order valence-corrected chi connectivity index (χ4v) is 3.58. The minimum Gasteiger partial charge on any atom is -0.350 e. The quantitative estimate of drug-likeness (QED) is 0.754. The summed E-state index contributed by atoms with van der Waals surface area (Å²) in [5.41, 5.74) is 0.123. The molecule has 2 amide bonds. The van der Waals surface area contributed by atoms with Crippen molar-refractivity contribution in [1.82, 2.24) is 15.1 Å². The van der Waals surface area contributed by atoms with Crippen LogP contribution >= 0.6 is 11.6 Å². The number of anilines is 1. The van der Waals surface area contributed by atoms with Gasteiger partial charge in [0.25, 0.3) is 0 Å². The molecule has 0 unspecified atom stereocenters. The Kier molecular flexibility index (Phi) is 7.80. The molecule has 2 rings (SSSR count). The summed E-state index contributed by atoms with van der Waals surface area (Å²) in [5, 5.41) is 5.90. The van der Waals surface area contributed by atoms with Gasteiger partial charge in [-0.3, -0.25) is 19.4 Å². The highest BCUT2D eigenvalue weighted by Crippen LogP contribution is 2.19. The number of benzene rings is 1. The largest absolute Gasteiger partial charge is 0.350 e. The molecule has 8 heteroatoms. The zero-order valence-electron chi connectivity index (χ0n) is 17.0. The lowest BCUT2D eigenvalue weighted by Crippen LogP contribution is -2.50. The molecule has 1 aliphatic rings. The van der Waals surface area contributed by atoms with Crippen molar-refractivity contribution in [2.45, 2.75) is 45.2 Å². The Morgan fingerprint density at radius 3 is 2.43 bits per heavy atom. The number of piperidine rings is 1. The summed E-state index contributed by atoms with van der Waals surface area (Å²) < 4.78 is 13.4. The van der Waals surface area contributed by atoms with Gasteiger partial charge in [0.05, 0.1) is 13.1 Å². The van der Waals surface area contributed by atoms with Crippen LogP contribution in [0, 0.1) is 5.82 Å². The molecule has 0 saturated carbocycles. The molecule has 2 N–H and O–H groups in total. The van der Waals surface area contributed by atoms with E-state index in [1.165, 1.54) is 18.2 Å². The predicted molar refractivity (Wildman–Crippen MR) is 110 cm³/mol. The van der Waals surface area contributed by atoms with Crippen LogP contribution in [0.15, 0.2) is 18.2 Å². The van der Waals surface area contributed by atoms with Crippen molar-refractivity contribution in [3.05, 3.63) is 29.0 Å². The molecule has 0 radical (unpaired) electrons. The van der Waals surface area contributed by atoms with Crippen molar-refractivity contribution in [2.75, 3.05) is 38.5 Å². The molecule has 6 nitrogen and oxygen atoms in total. The standard InChI is InChI=1S/C20H30ClFN4O2/c1-20(2,3)24-19(28)13-26-7-5-17(6-8-26)25(4)12-18(27)23-16-10-14(21)9-15(22)11-16/h9-11,17H,5-8,12-13H2,1-4H3,(H,23,27)(H,24,28). The topological polar surface area (TPSA) is 64.7 Å². The normalized spacial score (nSPS) is 16.2. The van der Waals surface area contributed by atoms with Crippen LogP contribution in [-0.4, -0.2) is 66.4 Å². The Hall–Kier alpha value is -1.70. The van der Waals surface area contributed by atoms with Gasteiger partial charge in [0.2, 0.25) is 11.8 Å². The van der Waals surface area contributed by atoms with E-state index in [1.807, 2.05) is 32.7 Å². The van der Waals surface area contributed by atoms with Gasteiger partial charge in [0.15, 0.2) is 0 Å². The van der Waals surface area contributed by atoms with Gasteiger partial charge in [-0.2, -0.15) is 0 Å². The Bertz CT molecular complexity index is 680. The van der Waals surface area contributed by atoms with Crippen molar-refractivity contribution < 1.29 is 14.0 Å². The Balaban J connectivity index is 1.76. The lowest BCUT2D eigenvalue weighted by molar-refractivity contribution is -0.124. The summed E-state index contributed by atoms with van der Waals surface area (Å²) in [6.45, 7) is 8.14. The molecule has 156 valence electrons. The number of halogens is 2. The highest BCUT2D eigenvalue weighted by molar-refractivity contribution is 6.30. The Morgan fingerprint density at radius 1 is 1.21 bits per heavy atom. The molecule has 1 aromatic carbocycles. The molecule has 0 spiro atoms. The third-order valence-corrected chi connectivity index (χ3v) is 4.82. The first-order valence-corrected chi connectivity index (χ1v) is 9.89. The zero-order chi connectivity index (χ0) is 20.9. The second-order valence-electron chi connectivity index (χ2n) is 8.43. The van der Waals surface area contributed by atoms with Crippen molar-refractivity contribution in [3.63, 3.8) is 0 Å². The van der Waals surface area contributed by atoms with Gasteiger partial charge in [-0.05, 0) is 58.9 Å². The maximum Gasteiger partial charge on any atom is 0.238 e. The first-order valence-electron chi connectivity index (χ1n) is 9.51. The van der Waals surface area contributed by atoms with E-state index in [9.17, 15) is 14.0 Å². The van der Waals surface area contributed by atoms with Crippen molar-refractivity contribution in [1.29, 1.82) is 0 Å². The summed E-state index contributed by atoms with van der Waals surface area (Å²) in [4.78, 5) is 28.4. The fraction of sp³-hybridized carbons (Fsp3) is 0.600. The molecule has 0 atom stereocenters. The third-order valence-electron chi connectivity index (χ3n) is 4.60. The number of carbonyl (C=O) groups excluding carboxylic acids is 2. The number of hydrogen-bond acceptors (Lipinski definition) is 4. The van der Waals surface area contributed by atoms with Crippen LogP contribution in [0.2, 0.25) is 5.02 Å². The molecule has 0 aliphatic carbocycles. The van der Waals surface area contributed by atoms with Crippen LogP contribution in [0.4, 0.5) is 10.1 Å². The highest BCUT2D eigenvalue weighted by Gasteiger charge is 2.25. The van der Waals surface area contributed by atoms with E-state index in [0.717, 1.165) is 25.9 Å². The smallest absolute Gasteiger partial charge is 0.238 e. The van der Waals surface area contributed by atoms with Gasteiger partial charge in [-0.25, -0.2) is 4.39 Å². The molecule has 1 heterocycles. The van der Waals surface area contributed by atoms with Crippen LogP contribution < -0.4 is 10.6 Å². The Labute approximate surface area is 171 Å². The number of likely N-dealkylation sites (tertiary alicyclic amines) is 1. The van der Waals surface area contributed by atoms with Crippen LogP contribution in [-0.2, 0) is 9.59 Å². The van der Waals surface area contributed by atoms with E-state index in [0.29, 0.717) is 12.2 Å². The molecule has 1 fully saturated rings. The van der Waals surface area contributed by atoms with Crippen LogP contribution in [0.3, 0.4) is 0 Å². The molecule has 28 heavy (non-hydrogen) atoms. The average Bonchev–Trinajstić information content (AvgIpc) is 2.52. The van der Waals surface area contributed by atoms with Crippen molar-refractivity contribution in [2.24, 2.45) is 0 Å². The summed E-state index contributed by atoms with van der Waals surface area (Å²) in [6, 6.07) is 4.22. The number of rotatable bonds is 6. The van der Waals surface area contributed by atoms with E-state index < -0.39 is 5.82 Å². The van der Waals surface area contributed by atoms with E-state index in [-0.39, 0.29) is 35.0 Å². The number of hydrogen-bond donors (Lipinski definition) is 2. The van der Waals surface area contributed by atoms with E-state index in [4.69, 9.17) is 11.6 Å². The Morgan fingerprint density at radius 2 is 1.86 bits per heavy atom. The van der Waals surface area contributed by atoms with Gasteiger partial charge >= 0.3 is 0 Å². The van der Waals surface area contributed by atoms with Crippen LogP contribution in [0.25, 0.3) is 0 Å². The number of nitrogens with one attached hydrogen (secondary N) is 2. The summed E-state index contributed by atoms with van der Waals surface area (Å²) in [6.07, 6.45) is 1.77. The van der Waals surface area contributed by atoms with Gasteiger partial charge in [-0.1, -0.05) is 11.6 Å². The van der Waals surface area contributed by atoms with E-state index in [2.05, 4.69) is 15.5 Å². The van der Waals surface area contributed by atoms with Crippen LogP contribution in [0.1, 0.15) is 33.6 Å². The summed E-state index contributed by atoms with van der Waals surface area (Å²) >= 11 is 5.81. The van der Waals surface area contributed by atoms with Crippen molar-refractivity contribution >= 4 is 29.1 Å². The molecule has 1 saturated heterocycles. The monoisotopic (exact) mass is 412 g/mol. The SMILES string of the molecule is CN(CC(=O)Nc1cc(F)cc(Cl)c1)C1CCN(CC(=O)NC(C)(C)C)CC1. The van der Waals surface area contributed by atoms with Crippen molar-refractivity contribution in [3.8, 4) is 0 Å². The summed E-state index contributed by atoms with van der Waals surface area (Å²) in [5.74, 6) is -0.664. The molecular formula is C20H30ClFN4O2. The maximum atomic E-state index is 13.4. The minimum atomic E-state index is -0.487. The molecular weight excluding hydrogens is 383 g/mol. The van der Waals surface area contributed by atoms with Crippen LogP contribution in [0.5, 0.6) is 0 Å². The lowest BCUT2D eigenvalue weighted by atomic mass is 10.0. The van der Waals surface area contributed by atoms with Gasteiger partial charge < -0.3 is 10.6 Å². The second-order valence-corrected chi connectivity index (χ2v) is 8.86. The minimum absolute atomic E-state index is 0.0347. The predicted octanol–water partition coefficient (Wildman–Crippen LogP) is 2.73. The van der Waals surface area contributed by atoms with Gasteiger partial charge in [0, 0.05) is 35.4 Å². The number of amides is 2. The first kappa shape index (κ1) is 22.6. The maximum absolute atomic E-state index is 13.4. The average molecular weight is 413 g/mol. The number of nitrogens with zero attached hydrogens (tertiary/aromatic N) is 2. The number of likely N-dealkylation sites (N-methyl/N-ethyl adjacent to an activating group) is 1. The summed E-state index contributed by atoms with van der Waals surface area (Å²) in [7, 11) is 1.91. The van der Waals surface area contributed by atoms with Gasteiger partial charge in [0.1, 0.15) is 5.82 Å². The highest BCUT2D eigenvalue weighted by atomic mass is 35.5. The lowest BCUT2D eigenvalue weighted by Gasteiger charge is -2.36. The first-order chi connectivity index (χ1) is 13.0. The molecule has 1 aliphatic heterocycles. The van der Waals surface area contributed by atoms with E-state index >= 15 is 0 Å². The van der Waals surface area contributed by atoms with Gasteiger partial charge in [-0.15, -0.1) is 0 Å². The molecule has 1 aromatic rings. The number of carbonyl (C=O) groups is 2.